The van der Waals surface area contributed by atoms with E-state index in [1.807, 2.05) is 72.3 Å². The smallest absolute Gasteiger partial charge is 0.383 e. The Bertz CT molecular complexity index is 688. The number of benzene rings is 2. The fourth-order valence-corrected chi connectivity index (χ4v) is 2.20. The Morgan fingerprint density at radius 3 is 1.95 bits per heavy atom. The monoisotopic (exact) mass is 252 g/mol. The van der Waals surface area contributed by atoms with Crippen LogP contribution in [0.1, 0.15) is 0 Å². The van der Waals surface area contributed by atoms with E-state index >= 15 is 0 Å². The Morgan fingerprint density at radius 2 is 1.37 bits per heavy atom. The van der Waals surface area contributed by atoms with E-state index in [0.717, 1.165) is 11.1 Å². The summed E-state index contributed by atoms with van der Waals surface area (Å²) in [5.41, 5.74) is 2.54. The zero-order valence-corrected chi connectivity index (χ0v) is 10.6. The predicted octanol–water partition coefficient (Wildman–Crippen LogP) is 3.14. The first-order chi connectivity index (χ1) is 9.27. The predicted molar refractivity (Wildman–Crippen MR) is 72.4 cm³/mol. The molecule has 1 N–H and O–H groups in total. The van der Waals surface area contributed by atoms with Crippen LogP contribution in [0.4, 0.5) is 0 Å². The average Bonchev–Trinajstić information content (AvgIpc) is 2.76. The minimum atomic E-state index is -0.0625. The van der Waals surface area contributed by atoms with Crippen LogP contribution in [0.5, 0.6) is 5.95 Å². The highest BCUT2D eigenvalue weighted by molar-refractivity contribution is 5.62. The molecule has 0 unspecified atom stereocenters. The molecule has 0 bridgehead atoms. The molecule has 0 saturated heterocycles. The minimum Gasteiger partial charge on any atom is -0.476 e. The molecule has 1 aromatic heterocycles. The van der Waals surface area contributed by atoms with E-state index in [0.29, 0.717) is 11.6 Å². The SMILES string of the molecule is C[n+]1c(-c2ccccc2)oc(O)c1-c1ccccc1. The van der Waals surface area contributed by atoms with Gasteiger partial charge in [0, 0.05) is 0 Å². The zero-order valence-electron chi connectivity index (χ0n) is 10.6. The first kappa shape index (κ1) is 11.5. The lowest BCUT2D eigenvalue weighted by molar-refractivity contribution is -0.652. The highest BCUT2D eigenvalue weighted by atomic mass is 16.5. The summed E-state index contributed by atoms with van der Waals surface area (Å²) in [6, 6.07) is 19.4. The van der Waals surface area contributed by atoms with Crippen molar-refractivity contribution in [1.29, 1.82) is 0 Å². The molecular formula is C16H14NO2+. The molecule has 0 atom stereocenters. The molecule has 0 saturated carbocycles. The highest BCUT2D eigenvalue weighted by Gasteiger charge is 2.27. The summed E-state index contributed by atoms with van der Waals surface area (Å²) in [5, 5.41) is 10.0. The van der Waals surface area contributed by atoms with Crippen LogP contribution in [-0.2, 0) is 7.05 Å². The van der Waals surface area contributed by atoms with E-state index in [4.69, 9.17) is 4.42 Å². The molecule has 94 valence electrons. The second kappa shape index (κ2) is 4.61. The Hall–Kier alpha value is -2.55. The summed E-state index contributed by atoms with van der Waals surface area (Å²) in [6.45, 7) is 0. The topological polar surface area (TPSA) is 37.2 Å². The van der Waals surface area contributed by atoms with Crippen LogP contribution in [-0.4, -0.2) is 5.11 Å². The molecule has 0 aliphatic carbocycles. The van der Waals surface area contributed by atoms with Crippen LogP contribution < -0.4 is 4.57 Å². The molecular weight excluding hydrogens is 238 g/mol. The lowest BCUT2D eigenvalue weighted by Crippen LogP contribution is -2.30. The van der Waals surface area contributed by atoms with Crippen LogP contribution in [0.25, 0.3) is 22.7 Å². The summed E-state index contributed by atoms with van der Waals surface area (Å²) in [5.74, 6) is 0.574. The van der Waals surface area contributed by atoms with E-state index in [1.165, 1.54) is 0 Å². The van der Waals surface area contributed by atoms with E-state index in [-0.39, 0.29) is 5.95 Å². The second-order valence-corrected chi connectivity index (χ2v) is 4.35. The minimum absolute atomic E-state index is 0.0625. The van der Waals surface area contributed by atoms with Crippen molar-refractivity contribution in [2.45, 2.75) is 0 Å². The molecule has 3 aromatic rings. The van der Waals surface area contributed by atoms with Gasteiger partial charge in [0.25, 0.3) is 5.69 Å². The fraction of sp³-hybridized carbons (Fsp3) is 0.0625. The first-order valence-corrected chi connectivity index (χ1v) is 6.10. The van der Waals surface area contributed by atoms with Gasteiger partial charge in [-0.3, -0.25) is 0 Å². The third kappa shape index (κ3) is 1.99. The van der Waals surface area contributed by atoms with Crippen molar-refractivity contribution >= 4 is 0 Å². The highest BCUT2D eigenvalue weighted by Crippen LogP contribution is 2.31. The molecule has 19 heavy (non-hydrogen) atoms. The molecule has 0 spiro atoms. The van der Waals surface area contributed by atoms with Gasteiger partial charge in [0.2, 0.25) is 0 Å². The molecule has 3 nitrogen and oxygen atoms in total. The van der Waals surface area contributed by atoms with E-state index < -0.39 is 0 Å². The normalized spacial score (nSPS) is 10.6. The number of rotatable bonds is 2. The standard InChI is InChI=1S/C16H13NO2/c1-17-14(12-8-4-2-5-9-12)16(18)19-15(17)13-10-6-3-7-11-13/h2-11H,1H3/p+1. The van der Waals surface area contributed by atoms with E-state index in [2.05, 4.69) is 0 Å². The third-order valence-electron chi connectivity index (χ3n) is 3.10. The van der Waals surface area contributed by atoms with Crippen molar-refractivity contribution in [3.05, 3.63) is 60.7 Å². The lowest BCUT2D eigenvalue weighted by Gasteiger charge is -1.94. The van der Waals surface area contributed by atoms with Gasteiger partial charge >= 0.3 is 11.8 Å². The molecule has 0 aliphatic rings. The number of hydrogen-bond acceptors (Lipinski definition) is 2. The van der Waals surface area contributed by atoms with Crippen LogP contribution >= 0.6 is 0 Å². The van der Waals surface area contributed by atoms with Crippen LogP contribution in [0.3, 0.4) is 0 Å². The summed E-state index contributed by atoms with van der Waals surface area (Å²) in [7, 11) is 1.88. The molecule has 3 heteroatoms. The van der Waals surface area contributed by atoms with Crippen molar-refractivity contribution in [1.82, 2.24) is 0 Å². The number of nitrogens with zero attached hydrogens (tertiary/aromatic N) is 1. The van der Waals surface area contributed by atoms with Crippen molar-refractivity contribution in [3.8, 4) is 28.7 Å². The van der Waals surface area contributed by atoms with Gasteiger partial charge in [-0.25, -0.2) is 0 Å². The Morgan fingerprint density at radius 1 is 0.842 bits per heavy atom. The number of aromatic hydroxyl groups is 1. The maximum Gasteiger partial charge on any atom is 0.383 e. The maximum absolute atomic E-state index is 10.0. The Labute approximate surface area is 111 Å². The van der Waals surface area contributed by atoms with Crippen molar-refractivity contribution in [2.75, 3.05) is 0 Å². The first-order valence-electron chi connectivity index (χ1n) is 6.10. The average molecular weight is 252 g/mol. The van der Waals surface area contributed by atoms with Crippen molar-refractivity contribution in [2.24, 2.45) is 7.05 Å². The van der Waals surface area contributed by atoms with E-state index in [9.17, 15) is 5.11 Å². The van der Waals surface area contributed by atoms with Gasteiger partial charge in [0.05, 0.1) is 11.1 Å². The van der Waals surface area contributed by atoms with E-state index in [1.54, 1.807) is 0 Å². The van der Waals surface area contributed by atoms with Crippen molar-refractivity contribution in [3.63, 3.8) is 0 Å². The molecule has 0 amide bonds. The largest absolute Gasteiger partial charge is 0.476 e. The number of hydrogen-bond donors (Lipinski definition) is 1. The quantitative estimate of drug-likeness (QED) is 0.711. The lowest BCUT2D eigenvalue weighted by atomic mass is 10.1. The maximum atomic E-state index is 10.0. The summed E-state index contributed by atoms with van der Waals surface area (Å²) in [4.78, 5) is 0. The molecule has 0 fully saturated rings. The second-order valence-electron chi connectivity index (χ2n) is 4.35. The summed E-state index contributed by atoms with van der Waals surface area (Å²) in [6.07, 6.45) is 0. The van der Waals surface area contributed by atoms with Gasteiger partial charge in [0.15, 0.2) is 0 Å². The molecule has 0 radical (unpaired) electrons. The van der Waals surface area contributed by atoms with Crippen molar-refractivity contribution < 1.29 is 14.1 Å². The molecule has 0 aliphatic heterocycles. The van der Waals surface area contributed by atoms with Crippen LogP contribution in [0.15, 0.2) is 65.1 Å². The molecule has 1 heterocycles. The third-order valence-corrected chi connectivity index (χ3v) is 3.10. The van der Waals surface area contributed by atoms with Crippen LogP contribution in [0, 0.1) is 0 Å². The fourth-order valence-electron chi connectivity index (χ4n) is 2.20. The zero-order chi connectivity index (χ0) is 13.2. The van der Waals surface area contributed by atoms with Gasteiger partial charge in [-0.1, -0.05) is 36.4 Å². The summed E-state index contributed by atoms with van der Waals surface area (Å²) < 4.78 is 7.37. The van der Waals surface area contributed by atoms with Gasteiger partial charge in [0.1, 0.15) is 7.05 Å². The molecule has 2 aromatic carbocycles. The van der Waals surface area contributed by atoms with Gasteiger partial charge in [-0.05, 0) is 24.3 Å². The number of aromatic nitrogens is 1. The Kier molecular flexibility index (Phi) is 2.80. The number of oxazole rings is 1. The van der Waals surface area contributed by atoms with Gasteiger partial charge in [-0.2, -0.15) is 4.57 Å². The van der Waals surface area contributed by atoms with Gasteiger partial charge < -0.3 is 9.52 Å². The Balaban J connectivity index is 2.17. The van der Waals surface area contributed by atoms with Crippen LogP contribution in [0.2, 0.25) is 0 Å². The summed E-state index contributed by atoms with van der Waals surface area (Å²) >= 11 is 0. The van der Waals surface area contributed by atoms with Gasteiger partial charge in [-0.15, -0.1) is 0 Å². The molecule has 3 rings (SSSR count).